The van der Waals surface area contributed by atoms with Crippen LogP contribution in [0, 0.1) is 10.1 Å². The molecule has 7 nitrogen and oxygen atoms in total. The summed E-state index contributed by atoms with van der Waals surface area (Å²) in [5.41, 5.74) is -0.381. The smallest absolute Gasteiger partial charge is 0.289 e. The molecule has 0 saturated carbocycles. The van der Waals surface area contributed by atoms with Crippen LogP contribution >= 0.6 is 0 Å². The minimum Gasteiger partial charge on any atom is -0.317 e. The Balaban J connectivity index is 2.37. The average molecular weight is 299 g/mol. The Kier molecular flexibility index (Phi) is 4.36. The zero-order valence-corrected chi connectivity index (χ0v) is 12.0. The number of benzene rings is 1. The van der Waals surface area contributed by atoms with Gasteiger partial charge in [0.1, 0.15) is 0 Å². The van der Waals surface area contributed by atoms with Crippen LogP contribution in [0.3, 0.4) is 0 Å². The van der Waals surface area contributed by atoms with Gasteiger partial charge in [0.25, 0.3) is 5.69 Å². The lowest BCUT2D eigenvalue weighted by Crippen LogP contribution is -2.43. The number of piperidine rings is 1. The second-order valence-corrected chi connectivity index (χ2v) is 6.69. The van der Waals surface area contributed by atoms with Gasteiger partial charge in [0.05, 0.1) is 4.92 Å². The first-order valence-corrected chi connectivity index (χ1v) is 7.81. The maximum atomic E-state index is 12.6. The first-order valence-electron chi connectivity index (χ1n) is 6.37. The first kappa shape index (κ1) is 14.9. The maximum absolute atomic E-state index is 12.6. The number of rotatable bonds is 4. The van der Waals surface area contributed by atoms with Crippen LogP contribution in [0.25, 0.3) is 0 Å². The molecule has 1 fully saturated rings. The third-order valence-electron chi connectivity index (χ3n) is 3.54. The number of sulfonamides is 1. The van der Waals surface area contributed by atoms with Gasteiger partial charge in [0.2, 0.25) is 10.0 Å². The van der Waals surface area contributed by atoms with Crippen molar-refractivity contribution < 1.29 is 13.3 Å². The highest BCUT2D eigenvalue weighted by atomic mass is 32.2. The van der Waals surface area contributed by atoms with Crippen LogP contribution in [-0.2, 0) is 10.0 Å². The van der Waals surface area contributed by atoms with Crippen molar-refractivity contribution in [3.63, 3.8) is 0 Å². The van der Waals surface area contributed by atoms with Crippen LogP contribution in [0.5, 0.6) is 0 Å². The van der Waals surface area contributed by atoms with Gasteiger partial charge >= 0.3 is 0 Å². The highest BCUT2D eigenvalue weighted by Crippen LogP contribution is 2.27. The Hall–Kier alpha value is -1.51. The fourth-order valence-corrected chi connectivity index (χ4v) is 3.92. The lowest BCUT2D eigenvalue weighted by Gasteiger charge is -2.30. The zero-order valence-electron chi connectivity index (χ0n) is 11.2. The standard InChI is InChI=1S/C12H17N3O4S/c1-14(10-6-8-13-9-7-10)20(18,19)12-5-3-2-4-11(12)15(16)17/h2-5,10,13H,6-9H2,1H3. The van der Waals surface area contributed by atoms with Gasteiger partial charge in [-0.05, 0) is 32.0 Å². The Bertz CT molecular complexity index is 596. The van der Waals surface area contributed by atoms with Crippen molar-refractivity contribution in [1.29, 1.82) is 0 Å². The topological polar surface area (TPSA) is 92.6 Å². The summed E-state index contributed by atoms with van der Waals surface area (Å²) >= 11 is 0. The van der Waals surface area contributed by atoms with Gasteiger partial charge in [-0.25, -0.2) is 8.42 Å². The fourth-order valence-electron chi connectivity index (χ4n) is 2.35. The summed E-state index contributed by atoms with van der Waals surface area (Å²) in [5, 5.41) is 14.1. The van der Waals surface area contributed by atoms with E-state index < -0.39 is 14.9 Å². The molecule has 1 aromatic carbocycles. The van der Waals surface area contributed by atoms with Crippen molar-refractivity contribution in [2.45, 2.75) is 23.8 Å². The van der Waals surface area contributed by atoms with Gasteiger partial charge in [0.15, 0.2) is 4.90 Å². The number of hydrogen-bond acceptors (Lipinski definition) is 5. The Labute approximate surface area is 117 Å². The Morgan fingerprint density at radius 2 is 1.90 bits per heavy atom. The van der Waals surface area contributed by atoms with Crippen LogP contribution in [0.2, 0.25) is 0 Å². The molecule has 20 heavy (non-hydrogen) atoms. The lowest BCUT2D eigenvalue weighted by molar-refractivity contribution is -0.387. The highest BCUT2D eigenvalue weighted by molar-refractivity contribution is 7.89. The second-order valence-electron chi connectivity index (χ2n) is 4.73. The van der Waals surface area contributed by atoms with Crippen LogP contribution in [0.4, 0.5) is 5.69 Å². The number of nitro benzene ring substituents is 1. The molecular formula is C12H17N3O4S. The summed E-state index contributed by atoms with van der Waals surface area (Å²) in [6.45, 7) is 1.50. The zero-order chi connectivity index (χ0) is 14.8. The molecule has 2 rings (SSSR count). The summed E-state index contributed by atoms with van der Waals surface area (Å²) in [6, 6.07) is 5.33. The maximum Gasteiger partial charge on any atom is 0.289 e. The molecule has 0 unspecified atom stereocenters. The molecule has 110 valence electrons. The Morgan fingerprint density at radius 1 is 1.30 bits per heavy atom. The van der Waals surface area contributed by atoms with E-state index in [1.807, 2.05) is 0 Å². The molecule has 0 bridgehead atoms. The predicted octanol–water partition coefficient (Wildman–Crippen LogP) is 0.967. The van der Waals surface area contributed by atoms with Crippen LogP contribution in [0.15, 0.2) is 29.2 Å². The predicted molar refractivity (Wildman–Crippen MR) is 73.9 cm³/mol. The minimum absolute atomic E-state index is 0.124. The lowest BCUT2D eigenvalue weighted by atomic mass is 10.1. The highest BCUT2D eigenvalue weighted by Gasteiger charge is 2.33. The van der Waals surface area contributed by atoms with E-state index >= 15 is 0 Å². The van der Waals surface area contributed by atoms with Gasteiger partial charge in [0, 0.05) is 19.2 Å². The van der Waals surface area contributed by atoms with E-state index in [9.17, 15) is 18.5 Å². The van der Waals surface area contributed by atoms with E-state index in [4.69, 9.17) is 0 Å². The van der Waals surface area contributed by atoms with Crippen LogP contribution in [-0.4, -0.2) is 43.8 Å². The molecule has 0 amide bonds. The summed E-state index contributed by atoms with van der Waals surface area (Å²) in [7, 11) is -2.36. The molecule has 1 saturated heterocycles. The van der Waals surface area contributed by atoms with E-state index in [0.29, 0.717) is 12.8 Å². The van der Waals surface area contributed by atoms with Gasteiger partial charge < -0.3 is 5.32 Å². The molecule has 1 N–H and O–H groups in total. The molecule has 1 aliphatic rings. The third kappa shape index (κ3) is 2.82. The molecule has 0 aliphatic carbocycles. The summed E-state index contributed by atoms with van der Waals surface area (Å²) in [4.78, 5) is 10.1. The van der Waals surface area contributed by atoms with Crippen molar-refractivity contribution in [1.82, 2.24) is 9.62 Å². The van der Waals surface area contributed by atoms with Crippen molar-refractivity contribution in [3.05, 3.63) is 34.4 Å². The largest absolute Gasteiger partial charge is 0.317 e. The summed E-state index contributed by atoms with van der Waals surface area (Å²) < 4.78 is 26.4. The summed E-state index contributed by atoms with van der Waals surface area (Å²) in [6.07, 6.45) is 1.41. The molecule has 0 radical (unpaired) electrons. The van der Waals surface area contributed by atoms with Gasteiger partial charge in [-0.2, -0.15) is 4.31 Å². The monoisotopic (exact) mass is 299 g/mol. The van der Waals surface area contributed by atoms with E-state index in [-0.39, 0.29) is 16.6 Å². The number of nitro groups is 1. The average Bonchev–Trinajstić information content (AvgIpc) is 2.47. The SMILES string of the molecule is CN(C1CCNCC1)S(=O)(=O)c1ccccc1[N+](=O)[O-]. The molecule has 0 aromatic heterocycles. The molecule has 1 heterocycles. The third-order valence-corrected chi connectivity index (χ3v) is 5.50. The van der Waals surface area contributed by atoms with Crippen LogP contribution < -0.4 is 5.32 Å². The molecule has 1 aliphatic heterocycles. The Morgan fingerprint density at radius 3 is 2.50 bits per heavy atom. The number of para-hydroxylation sites is 1. The van der Waals surface area contributed by atoms with E-state index in [1.54, 1.807) is 0 Å². The van der Waals surface area contributed by atoms with Gasteiger partial charge in [-0.1, -0.05) is 12.1 Å². The fraction of sp³-hybridized carbons (Fsp3) is 0.500. The molecular weight excluding hydrogens is 282 g/mol. The molecule has 1 aromatic rings. The molecule has 0 atom stereocenters. The van der Waals surface area contributed by atoms with E-state index in [0.717, 1.165) is 13.1 Å². The number of hydrogen-bond donors (Lipinski definition) is 1. The molecule has 0 spiro atoms. The van der Waals surface area contributed by atoms with E-state index in [2.05, 4.69) is 5.32 Å². The number of nitrogens with one attached hydrogen (secondary N) is 1. The number of nitrogens with zero attached hydrogens (tertiary/aromatic N) is 2. The van der Waals surface area contributed by atoms with Crippen molar-refractivity contribution >= 4 is 15.7 Å². The van der Waals surface area contributed by atoms with Crippen molar-refractivity contribution in [3.8, 4) is 0 Å². The summed E-state index contributed by atoms with van der Waals surface area (Å²) in [5.74, 6) is 0. The second kappa shape index (κ2) is 5.86. The van der Waals surface area contributed by atoms with Crippen molar-refractivity contribution in [2.75, 3.05) is 20.1 Å². The van der Waals surface area contributed by atoms with Crippen LogP contribution in [0.1, 0.15) is 12.8 Å². The first-order chi connectivity index (χ1) is 9.44. The van der Waals surface area contributed by atoms with Crippen molar-refractivity contribution in [2.24, 2.45) is 0 Å². The minimum atomic E-state index is -3.85. The normalized spacial score (nSPS) is 17.3. The molecule has 8 heteroatoms. The van der Waals surface area contributed by atoms with Gasteiger partial charge in [-0.15, -0.1) is 0 Å². The quantitative estimate of drug-likeness (QED) is 0.660. The van der Waals surface area contributed by atoms with Gasteiger partial charge in [-0.3, -0.25) is 10.1 Å². The van der Waals surface area contributed by atoms with E-state index in [1.165, 1.54) is 35.6 Å².